The van der Waals surface area contributed by atoms with Crippen molar-refractivity contribution in [2.24, 2.45) is 11.5 Å². The van der Waals surface area contributed by atoms with Gasteiger partial charge < -0.3 is 16.2 Å². The Morgan fingerprint density at radius 3 is 2.00 bits per heavy atom. The van der Waals surface area contributed by atoms with Crippen LogP contribution in [-0.4, -0.2) is 68.5 Å². The molecular formula is C9H19N3O5SSe. The molecular weight excluding hydrogens is 341 g/mol. The molecule has 0 bridgehead atoms. The number of hydrogen-bond acceptors (Lipinski definition) is 6. The summed E-state index contributed by atoms with van der Waals surface area (Å²) in [6.45, 7) is -0.402. The van der Waals surface area contributed by atoms with Gasteiger partial charge in [-0.1, -0.05) is 0 Å². The van der Waals surface area contributed by atoms with Gasteiger partial charge in [0.15, 0.2) is 0 Å². The van der Waals surface area contributed by atoms with Crippen LogP contribution in [0.2, 0.25) is 5.32 Å². The molecule has 7 N–H and O–H groups in total. The number of amides is 1. The summed E-state index contributed by atoms with van der Waals surface area (Å²) in [5.41, 5.74) is 10.3. The van der Waals surface area contributed by atoms with Gasteiger partial charge in [-0.25, -0.2) is 0 Å². The summed E-state index contributed by atoms with van der Waals surface area (Å²) >= 11 is 6.06. The third-order valence-electron chi connectivity index (χ3n) is 1.70. The monoisotopic (exact) mass is 361 g/mol. The SMILES string of the molecule is N[C@@H](CC[SeH])C(=O)O.N[C@@H](CS)C(=O)NCC(=O)O. The first kappa shape index (κ1) is 20.5. The number of nitrogens with two attached hydrogens (primary N) is 2. The second kappa shape index (κ2) is 12.2. The minimum atomic E-state index is -1.09. The molecule has 0 unspecified atom stereocenters. The van der Waals surface area contributed by atoms with Crippen LogP contribution in [0, 0.1) is 0 Å². The smallest absolute Gasteiger partial charge is 0.322 e. The predicted octanol–water partition coefficient (Wildman–Crippen LogP) is -2.45. The average molecular weight is 360 g/mol. The third-order valence-corrected chi connectivity index (χ3v) is 2.64. The Balaban J connectivity index is 0. The number of carboxylic acid groups (broad SMARTS) is 2. The van der Waals surface area contributed by atoms with E-state index in [1.165, 1.54) is 0 Å². The van der Waals surface area contributed by atoms with Crippen molar-refractivity contribution in [2.75, 3.05) is 12.3 Å². The quantitative estimate of drug-likeness (QED) is 0.217. The molecule has 1 amide bonds. The normalized spacial score (nSPS) is 12.6. The van der Waals surface area contributed by atoms with Crippen LogP contribution in [0.4, 0.5) is 0 Å². The van der Waals surface area contributed by atoms with Crippen LogP contribution in [0.1, 0.15) is 6.42 Å². The van der Waals surface area contributed by atoms with Crippen LogP contribution in [0.15, 0.2) is 0 Å². The van der Waals surface area contributed by atoms with Gasteiger partial charge >= 0.3 is 61.4 Å². The number of aliphatic carboxylic acids is 2. The molecule has 0 fully saturated rings. The molecule has 0 aliphatic carbocycles. The standard InChI is InChI=1S/C5H10N2O3S.C4H9NO2Se/c6-3(2-11)5(10)7-1-4(8)9;5-3(1-2-8)4(6)7/h3,11H,1-2,6H2,(H,7,10)(H,8,9);3,8H,1-2,5H2,(H,6,7)/t2*3-/m00/s1. The summed E-state index contributed by atoms with van der Waals surface area (Å²) in [5.74, 6) is -2.31. The minimum absolute atomic E-state index is 0.200. The van der Waals surface area contributed by atoms with Crippen LogP contribution in [-0.2, 0) is 14.4 Å². The third kappa shape index (κ3) is 13.4. The number of carbonyl (C=O) groups is 3. The van der Waals surface area contributed by atoms with Crippen LogP contribution < -0.4 is 16.8 Å². The topological polar surface area (TPSA) is 156 Å². The van der Waals surface area contributed by atoms with Crippen molar-refractivity contribution in [2.45, 2.75) is 23.8 Å². The van der Waals surface area contributed by atoms with Crippen molar-refractivity contribution in [3.8, 4) is 0 Å². The second-order valence-corrected chi connectivity index (χ2v) is 4.66. The summed E-state index contributed by atoms with van der Waals surface area (Å²) in [7, 11) is 0. The Bertz CT molecular complexity index is 306. The van der Waals surface area contributed by atoms with Gasteiger partial charge in [0.1, 0.15) is 6.54 Å². The van der Waals surface area contributed by atoms with Gasteiger partial charge in [-0.05, 0) is 0 Å². The first-order chi connectivity index (χ1) is 8.76. The maximum atomic E-state index is 10.7. The van der Waals surface area contributed by atoms with Gasteiger partial charge in [0, 0.05) is 5.75 Å². The van der Waals surface area contributed by atoms with Crippen LogP contribution in [0.3, 0.4) is 0 Å². The van der Waals surface area contributed by atoms with E-state index in [4.69, 9.17) is 21.7 Å². The van der Waals surface area contributed by atoms with Gasteiger partial charge in [-0.15, -0.1) is 0 Å². The molecule has 0 aliphatic rings. The Morgan fingerprint density at radius 2 is 1.74 bits per heavy atom. The van der Waals surface area contributed by atoms with E-state index in [0.717, 1.165) is 5.32 Å². The molecule has 0 heterocycles. The van der Waals surface area contributed by atoms with E-state index in [0.29, 0.717) is 6.42 Å². The van der Waals surface area contributed by atoms with Crippen LogP contribution >= 0.6 is 12.6 Å². The van der Waals surface area contributed by atoms with E-state index >= 15 is 0 Å². The molecule has 0 spiro atoms. The van der Waals surface area contributed by atoms with Crippen molar-refractivity contribution >= 4 is 46.5 Å². The molecule has 0 radical (unpaired) electrons. The fourth-order valence-electron chi connectivity index (χ4n) is 0.639. The van der Waals surface area contributed by atoms with Gasteiger partial charge in [0.25, 0.3) is 0 Å². The first-order valence-electron chi connectivity index (χ1n) is 5.21. The van der Waals surface area contributed by atoms with E-state index in [2.05, 4.69) is 34.0 Å². The fourth-order valence-corrected chi connectivity index (χ4v) is 1.39. The van der Waals surface area contributed by atoms with Crippen molar-refractivity contribution in [1.82, 2.24) is 5.32 Å². The van der Waals surface area contributed by atoms with Crippen molar-refractivity contribution < 1.29 is 24.6 Å². The molecule has 0 rings (SSSR count). The molecule has 0 saturated heterocycles. The van der Waals surface area contributed by atoms with Crippen LogP contribution in [0.25, 0.3) is 0 Å². The van der Waals surface area contributed by atoms with Gasteiger partial charge in [0.2, 0.25) is 5.91 Å². The van der Waals surface area contributed by atoms with Crippen molar-refractivity contribution in [3.63, 3.8) is 0 Å². The Kier molecular flexibility index (Phi) is 13.2. The number of carboxylic acids is 2. The number of carbonyl (C=O) groups excluding carboxylic acids is 1. The van der Waals surface area contributed by atoms with Gasteiger partial charge in [-0.3, -0.25) is 9.59 Å². The van der Waals surface area contributed by atoms with Crippen molar-refractivity contribution in [1.29, 1.82) is 0 Å². The Hall–Kier alpha value is -0.801. The molecule has 8 nitrogen and oxygen atoms in total. The van der Waals surface area contributed by atoms with E-state index in [1.807, 2.05) is 0 Å². The maximum Gasteiger partial charge on any atom is 0.322 e. The van der Waals surface area contributed by atoms with E-state index < -0.39 is 36.5 Å². The zero-order valence-electron chi connectivity index (χ0n) is 10.2. The average Bonchev–Trinajstić information content (AvgIpc) is 2.35. The molecule has 2 atom stereocenters. The molecule has 10 heteroatoms. The summed E-state index contributed by atoms with van der Waals surface area (Å²) < 4.78 is 0. The van der Waals surface area contributed by atoms with E-state index in [9.17, 15) is 14.4 Å². The summed E-state index contributed by atoms with van der Waals surface area (Å²) in [6, 6.07) is -1.42. The molecule has 112 valence electrons. The molecule has 0 aromatic heterocycles. The Labute approximate surface area is 124 Å². The first-order valence-corrected chi connectivity index (χ1v) is 7.17. The molecule has 19 heavy (non-hydrogen) atoms. The summed E-state index contributed by atoms with van der Waals surface area (Å²) in [4.78, 5) is 30.6. The zero-order valence-corrected chi connectivity index (χ0v) is 12.9. The van der Waals surface area contributed by atoms with Crippen LogP contribution in [0.5, 0.6) is 0 Å². The number of hydrogen-bond donors (Lipinski definition) is 6. The molecule has 0 aromatic carbocycles. The van der Waals surface area contributed by atoms with Gasteiger partial charge in [-0.2, -0.15) is 12.6 Å². The fraction of sp³-hybridized carbons (Fsp3) is 0.667. The number of rotatable bonds is 7. The van der Waals surface area contributed by atoms with Gasteiger partial charge in [0.05, 0.1) is 6.04 Å². The number of nitrogens with one attached hydrogen (secondary N) is 1. The molecule has 0 saturated carbocycles. The maximum absolute atomic E-state index is 10.7. The zero-order chi connectivity index (χ0) is 15.4. The molecule has 0 aliphatic heterocycles. The second-order valence-electron chi connectivity index (χ2n) is 3.36. The van der Waals surface area contributed by atoms with Crippen molar-refractivity contribution in [3.05, 3.63) is 0 Å². The Morgan fingerprint density at radius 1 is 1.21 bits per heavy atom. The summed E-state index contributed by atoms with van der Waals surface area (Å²) in [5, 5.41) is 19.2. The largest absolute Gasteiger partial charge is 0.480 e. The number of thiol groups is 1. The predicted molar refractivity (Wildman–Crippen MR) is 74.7 cm³/mol. The van der Waals surface area contributed by atoms with E-state index in [1.54, 1.807) is 0 Å². The van der Waals surface area contributed by atoms with E-state index in [-0.39, 0.29) is 5.75 Å². The minimum Gasteiger partial charge on any atom is -0.480 e. The summed E-state index contributed by atoms with van der Waals surface area (Å²) in [6.07, 6.45) is 0.537. The molecule has 0 aromatic rings.